The summed E-state index contributed by atoms with van der Waals surface area (Å²) in [6.45, 7) is 2.18. The minimum atomic E-state index is 0.641. The average Bonchev–Trinajstić information content (AvgIpc) is 2.54. The van der Waals surface area contributed by atoms with Crippen LogP contribution in [0.15, 0.2) is 60.7 Å². The molecule has 2 heteroatoms. The molecule has 0 radical (unpaired) electrons. The van der Waals surface area contributed by atoms with E-state index in [0.29, 0.717) is 5.92 Å². The molecule has 1 saturated heterocycles. The molecule has 1 aliphatic carbocycles. The van der Waals surface area contributed by atoms with Crippen LogP contribution in [-0.4, -0.2) is 18.1 Å². The summed E-state index contributed by atoms with van der Waals surface area (Å²) in [6.07, 6.45) is 10.3. The number of para-hydroxylation sites is 1. The molecule has 100 valence electrons. The maximum atomic E-state index is 4.82. The van der Waals surface area contributed by atoms with Crippen molar-refractivity contribution in [3.63, 3.8) is 0 Å². The van der Waals surface area contributed by atoms with E-state index in [1.54, 1.807) is 0 Å². The Morgan fingerprint density at radius 2 is 1.80 bits per heavy atom. The van der Waals surface area contributed by atoms with Crippen molar-refractivity contribution in [2.24, 2.45) is 11.8 Å². The van der Waals surface area contributed by atoms with Gasteiger partial charge in [0.1, 0.15) is 5.82 Å². The highest BCUT2D eigenvalue weighted by molar-refractivity contribution is 5.80. The van der Waals surface area contributed by atoms with Crippen LogP contribution in [0.3, 0.4) is 0 Å². The molecule has 2 atom stereocenters. The van der Waals surface area contributed by atoms with Crippen molar-refractivity contribution < 1.29 is 0 Å². The molecule has 0 amide bonds. The number of aromatic nitrogens is 1. The van der Waals surface area contributed by atoms with E-state index < -0.39 is 0 Å². The highest BCUT2D eigenvalue weighted by Gasteiger charge is 2.27. The van der Waals surface area contributed by atoms with Crippen LogP contribution in [-0.2, 0) is 0 Å². The number of hydrogen-bond acceptors (Lipinski definition) is 2. The van der Waals surface area contributed by atoms with Gasteiger partial charge < -0.3 is 4.90 Å². The molecule has 1 fully saturated rings. The Hall–Kier alpha value is -2.09. The first-order valence-corrected chi connectivity index (χ1v) is 7.36. The van der Waals surface area contributed by atoms with Gasteiger partial charge >= 0.3 is 0 Å². The van der Waals surface area contributed by atoms with Gasteiger partial charge in [-0.1, -0.05) is 42.5 Å². The summed E-state index contributed by atoms with van der Waals surface area (Å²) in [5.74, 6) is 2.48. The van der Waals surface area contributed by atoms with Crippen molar-refractivity contribution in [1.82, 2.24) is 4.98 Å². The molecule has 1 aromatic carbocycles. The number of fused-ring (bicyclic) bond motifs is 2. The molecule has 20 heavy (non-hydrogen) atoms. The standard InChI is InChI=1S/C18H18N2/c1-2-7-16-13-20(12-11-14(16)5-1)18-10-9-15-6-3-4-8-17(15)19-18/h1-10,14,16H,11-13H2. The third-order valence-corrected chi connectivity index (χ3v) is 4.45. The Balaban J connectivity index is 1.63. The predicted octanol–water partition coefficient (Wildman–Crippen LogP) is 3.80. The van der Waals surface area contributed by atoms with Crippen molar-refractivity contribution in [3.05, 3.63) is 60.7 Å². The van der Waals surface area contributed by atoms with Gasteiger partial charge in [-0.15, -0.1) is 0 Å². The summed E-state index contributed by atoms with van der Waals surface area (Å²) < 4.78 is 0. The number of piperidine rings is 1. The van der Waals surface area contributed by atoms with E-state index in [1.807, 2.05) is 0 Å². The average molecular weight is 262 g/mol. The van der Waals surface area contributed by atoms with Crippen LogP contribution in [0.1, 0.15) is 6.42 Å². The largest absolute Gasteiger partial charge is 0.356 e. The normalized spacial score (nSPS) is 24.9. The van der Waals surface area contributed by atoms with Crippen LogP contribution in [0, 0.1) is 11.8 Å². The van der Waals surface area contributed by atoms with Crippen molar-refractivity contribution >= 4 is 16.7 Å². The van der Waals surface area contributed by atoms with Crippen LogP contribution in [0.5, 0.6) is 0 Å². The lowest BCUT2D eigenvalue weighted by Gasteiger charge is -2.37. The van der Waals surface area contributed by atoms with E-state index in [-0.39, 0.29) is 0 Å². The molecule has 0 N–H and O–H groups in total. The van der Waals surface area contributed by atoms with Crippen molar-refractivity contribution in [3.8, 4) is 0 Å². The van der Waals surface area contributed by atoms with E-state index in [9.17, 15) is 0 Å². The molecule has 1 aliphatic heterocycles. The Labute approximate surface area is 119 Å². The summed E-state index contributed by atoms with van der Waals surface area (Å²) in [5, 5.41) is 1.21. The van der Waals surface area contributed by atoms with Gasteiger partial charge in [-0.2, -0.15) is 0 Å². The molecule has 2 aromatic rings. The Morgan fingerprint density at radius 3 is 2.75 bits per heavy atom. The van der Waals surface area contributed by atoms with Gasteiger partial charge in [0.2, 0.25) is 0 Å². The van der Waals surface area contributed by atoms with E-state index in [4.69, 9.17) is 4.98 Å². The highest BCUT2D eigenvalue weighted by atomic mass is 15.2. The Bertz CT molecular complexity index is 687. The SMILES string of the molecule is C1=CC2CCN(c3ccc4ccccc4n3)CC2C=C1. The Kier molecular flexibility index (Phi) is 2.80. The third-order valence-electron chi connectivity index (χ3n) is 4.45. The Morgan fingerprint density at radius 1 is 0.950 bits per heavy atom. The lowest BCUT2D eigenvalue weighted by molar-refractivity contribution is 0.386. The number of allylic oxidation sites excluding steroid dienone is 3. The summed E-state index contributed by atoms with van der Waals surface area (Å²) in [7, 11) is 0. The minimum Gasteiger partial charge on any atom is -0.356 e. The first-order chi connectivity index (χ1) is 9.90. The number of rotatable bonds is 1. The summed E-state index contributed by atoms with van der Waals surface area (Å²) >= 11 is 0. The lowest BCUT2D eigenvalue weighted by atomic mass is 9.83. The van der Waals surface area contributed by atoms with E-state index in [0.717, 1.165) is 30.3 Å². The fourth-order valence-corrected chi connectivity index (χ4v) is 3.30. The zero-order chi connectivity index (χ0) is 13.4. The van der Waals surface area contributed by atoms with Gasteiger partial charge in [0.25, 0.3) is 0 Å². The molecular weight excluding hydrogens is 244 g/mol. The number of benzene rings is 1. The van der Waals surface area contributed by atoms with Gasteiger partial charge in [-0.3, -0.25) is 0 Å². The highest BCUT2D eigenvalue weighted by Crippen LogP contribution is 2.31. The molecule has 0 bridgehead atoms. The summed E-state index contributed by atoms with van der Waals surface area (Å²) in [6, 6.07) is 12.7. The zero-order valence-corrected chi connectivity index (χ0v) is 11.4. The number of anilines is 1. The minimum absolute atomic E-state index is 0.641. The van der Waals surface area contributed by atoms with Crippen LogP contribution >= 0.6 is 0 Å². The van der Waals surface area contributed by atoms with Crippen LogP contribution < -0.4 is 4.90 Å². The fourth-order valence-electron chi connectivity index (χ4n) is 3.30. The second-order valence-corrected chi connectivity index (χ2v) is 5.69. The first kappa shape index (κ1) is 11.7. The van der Waals surface area contributed by atoms with Crippen LogP contribution in [0.25, 0.3) is 10.9 Å². The zero-order valence-electron chi connectivity index (χ0n) is 11.4. The molecule has 2 aliphatic rings. The molecule has 2 nitrogen and oxygen atoms in total. The fraction of sp³-hybridized carbons (Fsp3) is 0.278. The first-order valence-electron chi connectivity index (χ1n) is 7.36. The number of nitrogens with zero attached hydrogens (tertiary/aromatic N) is 2. The van der Waals surface area contributed by atoms with Crippen molar-refractivity contribution in [1.29, 1.82) is 0 Å². The second kappa shape index (κ2) is 4.78. The van der Waals surface area contributed by atoms with E-state index >= 15 is 0 Å². The topological polar surface area (TPSA) is 16.1 Å². The third kappa shape index (κ3) is 2.01. The predicted molar refractivity (Wildman–Crippen MR) is 83.8 cm³/mol. The van der Waals surface area contributed by atoms with E-state index in [2.05, 4.69) is 65.6 Å². The van der Waals surface area contributed by atoms with Gasteiger partial charge in [0, 0.05) is 24.4 Å². The quantitative estimate of drug-likeness (QED) is 0.777. The van der Waals surface area contributed by atoms with Crippen LogP contribution in [0.4, 0.5) is 5.82 Å². The van der Waals surface area contributed by atoms with Gasteiger partial charge in [-0.05, 0) is 30.5 Å². The second-order valence-electron chi connectivity index (χ2n) is 5.69. The number of hydrogen-bond donors (Lipinski definition) is 0. The van der Waals surface area contributed by atoms with E-state index in [1.165, 1.54) is 11.8 Å². The molecule has 2 heterocycles. The van der Waals surface area contributed by atoms with Gasteiger partial charge in [0.15, 0.2) is 0 Å². The smallest absolute Gasteiger partial charge is 0.129 e. The molecule has 0 spiro atoms. The summed E-state index contributed by atoms with van der Waals surface area (Å²) in [5.41, 5.74) is 1.09. The van der Waals surface area contributed by atoms with Gasteiger partial charge in [0.05, 0.1) is 5.52 Å². The van der Waals surface area contributed by atoms with Crippen molar-refractivity contribution in [2.75, 3.05) is 18.0 Å². The lowest BCUT2D eigenvalue weighted by Crippen LogP contribution is -2.40. The van der Waals surface area contributed by atoms with Crippen molar-refractivity contribution in [2.45, 2.75) is 6.42 Å². The monoisotopic (exact) mass is 262 g/mol. The number of pyridine rings is 1. The molecule has 2 unspecified atom stereocenters. The molecule has 1 aromatic heterocycles. The van der Waals surface area contributed by atoms with Crippen LogP contribution in [0.2, 0.25) is 0 Å². The maximum absolute atomic E-state index is 4.82. The van der Waals surface area contributed by atoms with Gasteiger partial charge in [-0.25, -0.2) is 4.98 Å². The molecule has 4 rings (SSSR count). The molecular formula is C18H18N2. The summed E-state index contributed by atoms with van der Waals surface area (Å²) in [4.78, 5) is 7.25. The molecule has 0 saturated carbocycles. The maximum Gasteiger partial charge on any atom is 0.129 e.